The third kappa shape index (κ3) is 3.92. The molecule has 0 radical (unpaired) electrons. The van der Waals surface area contributed by atoms with Crippen LogP contribution in [0.15, 0.2) is 36.5 Å². The summed E-state index contributed by atoms with van der Waals surface area (Å²) in [6.07, 6.45) is 1.28. The number of benzene rings is 1. The molecule has 0 bridgehead atoms. The van der Waals surface area contributed by atoms with E-state index >= 15 is 0 Å². The van der Waals surface area contributed by atoms with Crippen LogP contribution in [-0.2, 0) is 27.4 Å². The number of aliphatic hydroxyl groups excluding tert-OH is 1. The van der Waals surface area contributed by atoms with Crippen LogP contribution in [-0.4, -0.2) is 64.9 Å². The van der Waals surface area contributed by atoms with Crippen molar-refractivity contribution in [1.29, 1.82) is 0 Å². The van der Waals surface area contributed by atoms with Gasteiger partial charge in [-0.05, 0) is 17.2 Å². The van der Waals surface area contributed by atoms with Gasteiger partial charge in [0.1, 0.15) is 11.9 Å². The van der Waals surface area contributed by atoms with E-state index in [1.54, 1.807) is 4.68 Å². The number of anilines is 1. The fourth-order valence-electron chi connectivity index (χ4n) is 3.96. The molecule has 31 heavy (non-hydrogen) atoms. The lowest BCUT2D eigenvalue weighted by Crippen LogP contribution is -2.37. The van der Waals surface area contributed by atoms with E-state index in [4.69, 9.17) is 19.3 Å². The lowest BCUT2D eigenvalue weighted by molar-refractivity contribution is 0.0422. The van der Waals surface area contributed by atoms with Crippen LogP contribution in [0.3, 0.4) is 0 Å². The summed E-state index contributed by atoms with van der Waals surface area (Å²) in [6.45, 7) is 3.82. The molecule has 2 aliphatic rings. The van der Waals surface area contributed by atoms with E-state index in [9.17, 15) is 5.11 Å². The molecular formula is C22H25N5O4. The molecule has 0 saturated carbocycles. The summed E-state index contributed by atoms with van der Waals surface area (Å²) in [5, 5.41) is 14.5. The number of hydrogen-bond acceptors (Lipinski definition) is 8. The van der Waals surface area contributed by atoms with Crippen molar-refractivity contribution in [1.82, 2.24) is 19.7 Å². The highest BCUT2D eigenvalue weighted by Crippen LogP contribution is 2.31. The SMILES string of the molecule is CO[C@H](CO)c1nc(N2CCOCC2)cc(-n2ccc(-c3cccc4c3COC4)n2)n1. The first kappa shape index (κ1) is 20.1. The average molecular weight is 423 g/mol. The Morgan fingerprint density at radius 3 is 2.74 bits per heavy atom. The fraction of sp³-hybridized carbons (Fsp3) is 0.409. The number of aliphatic hydroxyl groups is 1. The van der Waals surface area contributed by atoms with Crippen molar-refractivity contribution in [2.75, 3.05) is 44.9 Å². The largest absolute Gasteiger partial charge is 0.393 e. The van der Waals surface area contributed by atoms with Gasteiger partial charge in [-0.15, -0.1) is 0 Å². The molecule has 1 fully saturated rings. The highest BCUT2D eigenvalue weighted by Gasteiger charge is 2.21. The molecule has 2 aliphatic heterocycles. The molecular weight excluding hydrogens is 398 g/mol. The average Bonchev–Trinajstić information content (AvgIpc) is 3.50. The molecule has 2 aromatic heterocycles. The van der Waals surface area contributed by atoms with E-state index < -0.39 is 6.10 Å². The maximum absolute atomic E-state index is 9.71. The standard InChI is InChI=1S/C22H25N5O4/c1-29-19(12-28)22-23-20(26-7-9-30-10-8-26)11-21(24-22)27-6-5-18(25-27)16-4-2-3-15-13-31-14-17(15)16/h2-6,11,19,28H,7-10,12-14H2,1H3/t19-/m1/s1. The maximum atomic E-state index is 9.71. The molecule has 1 aromatic carbocycles. The zero-order valence-electron chi connectivity index (χ0n) is 17.4. The molecule has 9 heteroatoms. The van der Waals surface area contributed by atoms with Crippen LogP contribution in [0.4, 0.5) is 5.82 Å². The first-order chi connectivity index (χ1) is 15.3. The van der Waals surface area contributed by atoms with Crippen molar-refractivity contribution in [2.45, 2.75) is 19.3 Å². The van der Waals surface area contributed by atoms with E-state index in [2.05, 4.69) is 27.0 Å². The van der Waals surface area contributed by atoms with Crippen molar-refractivity contribution in [3.8, 4) is 17.1 Å². The Morgan fingerprint density at radius 1 is 1.10 bits per heavy atom. The number of morpholine rings is 1. The van der Waals surface area contributed by atoms with E-state index in [1.807, 2.05) is 24.4 Å². The summed E-state index contributed by atoms with van der Waals surface area (Å²) in [7, 11) is 1.54. The molecule has 162 valence electrons. The second-order valence-electron chi connectivity index (χ2n) is 7.53. The van der Waals surface area contributed by atoms with Gasteiger partial charge in [-0.25, -0.2) is 14.6 Å². The summed E-state index contributed by atoms with van der Waals surface area (Å²) < 4.78 is 18.2. The molecule has 5 rings (SSSR count). The van der Waals surface area contributed by atoms with Gasteiger partial charge in [-0.1, -0.05) is 18.2 Å². The minimum absolute atomic E-state index is 0.205. The zero-order valence-corrected chi connectivity index (χ0v) is 17.4. The number of hydrogen-bond donors (Lipinski definition) is 1. The number of rotatable bonds is 6. The van der Waals surface area contributed by atoms with E-state index in [1.165, 1.54) is 18.2 Å². The van der Waals surface area contributed by atoms with Gasteiger partial charge in [0.05, 0.1) is 38.7 Å². The minimum Gasteiger partial charge on any atom is -0.393 e. The van der Waals surface area contributed by atoms with Gasteiger partial charge in [0, 0.05) is 38.0 Å². The predicted octanol–water partition coefficient (Wildman–Crippen LogP) is 1.88. The van der Waals surface area contributed by atoms with Crippen molar-refractivity contribution in [3.63, 3.8) is 0 Å². The van der Waals surface area contributed by atoms with Crippen LogP contribution in [0.1, 0.15) is 23.1 Å². The molecule has 9 nitrogen and oxygen atoms in total. The Bertz CT molecular complexity index is 1060. The quantitative estimate of drug-likeness (QED) is 0.642. The first-order valence-electron chi connectivity index (χ1n) is 10.4. The molecule has 1 saturated heterocycles. The summed E-state index contributed by atoms with van der Waals surface area (Å²) in [4.78, 5) is 11.4. The van der Waals surface area contributed by atoms with Gasteiger partial charge in [0.2, 0.25) is 0 Å². The topological polar surface area (TPSA) is 94.8 Å². The highest BCUT2D eigenvalue weighted by atomic mass is 16.5. The fourth-order valence-corrected chi connectivity index (χ4v) is 3.96. The minimum atomic E-state index is -0.607. The van der Waals surface area contributed by atoms with Crippen molar-refractivity contribution >= 4 is 5.82 Å². The van der Waals surface area contributed by atoms with Crippen molar-refractivity contribution in [2.24, 2.45) is 0 Å². The number of fused-ring (bicyclic) bond motifs is 1. The monoisotopic (exact) mass is 423 g/mol. The number of aromatic nitrogens is 4. The van der Waals surface area contributed by atoms with Gasteiger partial charge in [-0.3, -0.25) is 0 Å². The van der Waals surface area contributed by atoms with Crippen LogP contribution in [0.25, 0.3) is 17.1 Å². The van der Waals surface area contributed by atoms with Gasteiger partial charge in [0.15, 0.2) is 11.6 Å². The van der Waals surface area contributed by atoms with Crippen molar-refractivity contribution < 1.29 is 19.3 Å². The lowest BCUT2D eigenvalue weighted by Gasteiger charge is -2.28. The van der Waals surface area contributed by atoms with Crippen LogP contribution in [0.5, 0.6) is 0 Å². The number of nitrogens with zero attached hydrogens (tertiary/aromatic N) is 5. The smallest absolute Gasteiger partial charge is 0.164 e. The second-order valence-corrected chi connectivity index (χ2v) is 7.53. The molecule has 0 aliphatic carbocycles. The Balaban J connectivity index is 1.54. The van der Waals surface area contributed by atoms with E-state index in [0.29, 0.717) is 38.1 Å². The second kappa shape index (κ2) is 8.72. The van der Waals surface area contributed by atoms with E-state index in [0.717, 1.165) is 30.2 Å². The Morgan fingerprint density at radius 2 is 1.94 bits per heavy atom. The lowest BCUT2D eigenvalue weighted by atomic mass is 10.0. The summed E-state index contributed by atoms with van der Waals surface area (Å²) >= 11 is 0. The molecule has 3 aromatic rings. The molecule has 0 unspecified atom stereocenters. The van der Waals surface area contributed by atoms with Crippen LogP contribution >= 0.6 is 0 Å². The third-order valence-corrected chi connectivity index (χ3v) is 5.67. The Hall–Kier alpha value is -2.85. The maximum Gasteiger partial charge on any atom is 0.164 e. The predicted molar refractivity (Wildman–Crippen MR) is 113 cm³/mol. The van der Waals surface area contributed by atoms with Gasteiger partial charge >= 0.3 is 0 Å². The van der Waals surface area contributed by atoms with Crippen LogP contribution in [0, 0.1) is 0 Å². The molecule has 1 N–H and O–H groups in total. The van der Waals surface area contributed by atoms with Gasteiger partial charge in [0.25, 0.3) is 0 Å². The Labute approximate surface area is 180 Å². The molecule has 4 heterocycles. The number of ether oxygens (including phenoxy) is 3. The summed E-state index contributed by atoms with van der Waals surface area (Å²) in [5.74, 6) is 1.82. The van der Waals surface area contributed by atoms with Gasteiger partial charge < -0.3 is 24.2 Å². The van der Waals surface area contributed by atoms with Crippen molar-refractivity contribution in [3.05, 3.63) is 53.5 Å². The summed E-state index contributed by atoms with van der Waals surface area (Å²) in [6, 6.07) is 10.1. The zero-order chi connectivity index (χ0) is 21.2. The van der Waals surface area contributed by atoms with E-state index in [-0.39, 0.29) is 6.61 Å². The normalized spacial score (nSPS) is 17.0. The third-order valence-electron chi connectivity index (χ3n) is 5.67. The number of methoxy groups -OCH3 is 1. The molecule has 0 spiro atoms. The molecule has 0 amide bonds. The summed E-state index contributed by atoms with van der Waals surface area (Å²) in [5.41, 5.74) is 4.32. The van der Waals surface area contributed by atoms with Gasteiger partial charge in [-0.2, -0.15) is 5.10 Å². The Kier molecular flexibility index (Phi) is 5.65. The van der Waals surface area contributed by atoms with Crippen LogP contribution in [0.2, 0.25) is 0 Å². The first-order valence-corrected chi connectivity index (χ1v) is 10.4. The van der Waals surface area contributed by atoms with Crippen LogP contribution < -0.4 is 4.90 Å². The molecule has 1 atom stereocenters. The highest BCUT2D eigenvalue weighted by molar-refractivity contribution is 5.65.